The van der Waals surface area contributed by atoms with E-state index in [2.05, 4.69) is 26.2 Å². The van der Waals surface area contributed by atoms with E-state index in [-0.39, 0.29) is 4.90 Å². The molecule has 0 unspecified atom stereocenters. The Bertz CT molecular complexity index is 716. The average Bonchev–Trinajstić information content (AvgIpc) is 2.85. The number of aromatic nitrogens is 1. The van der Waals surface area contributed by atoms with Gasteiger partial charge in [0, 0.05) is 47.3 Å². The van der Waals surface area contributed by atoms with Gasteiger partial charge in [-0.2, -0.15) is 4.31 Å². The predicted molar refractivity (Wildman–Crippen MR) is 89.1 cm³/mol. The number of rotatable bonds is 6. The van der Waals surface area contributed by atoms with Gasteiger partial charge in [0.15, 0.2) is 0 Å². The molecule has 2 heterocycles. The van der Waals surface area contributed by atoms with Crippen LogP contribution >= 0.6 is 27.3 Å². The fraction of sp³-hybridized carbons (Fsp3) is 0.308. The SMILES string of the molecule is CCNc1ccncc1S(=O)(=O)N(C)Cc1cc(Br)cs1. The lowest BCUT2D eigenvalue weighted by atomic mass is 10.4. The molecule has 0 aliphatic carbocycles. The molecule has 21 heavy (non-hydrogen) atoms. The largest absolute Gasteiger partial charge is 0.384 e. The Labute approximate surface area is 137 Å². The Kier molecular flexibility index (Phi) is 5.37. The second-order valence-electron chi connectivity index (χ2n) is 4.39. The van der Waals surface area contributed by atoms with Gasteiger partial charge in [-0.3, -0.25) is 4.98 Å². The van der Waals surface area contributed by atoms with Crippen LogP contribution in [-0.4, -0.2) is 31.3 Å². The summed E-state index contributed by atoms with van der Waals surface area (Å²) in [6, 6.07) is 3.59. The number of nitrogens with zero attached hydrogens (tertiary/aromatic N) is 2. The Morgan fingerprint density at radius 1 is 1.48 bits per heavy atom. The van der Waals surface area contributed by atoms with Crippen molar-refractivity contribution >= 4 is 43.0 Å². The first-order chi connectivity index (χ1) is 9.95. The predicted octanol–water partition coefficient (Wildman–Crippen LogP) is 3.16. The van der Waals surface area contributed by atoms with Crippen molar-refractivity contribution in [2.45, 2.75) is 18.4 Å². The lowest BCUT2D eigenvalue weighted by Crippen LogP contribution is -2.27. The summed E-state index contributed by atoms with van der Waals surface area (Å²) >= 11 is 4.89. The van der Waals surface area contributed by atoms with E-state index in [1.54, 1.807) is 19.3 Å². The van der Waals surface area contributed by atoms with Crippen molar-refractivity contribution in [1.82, 2.24) is 9.29 Å². The molecular weight excluding hydrogens is 374 g/mol. The molecule has 0 saturated carbocycles. The zero-order chi connectivity index (χ0) is 15.5. The summed E-state index contributed by atoms with van der Waals surface area (Å²) < 4.78 is 27.7. The molecule has 0 radical (unpaired) electrons. The molecule has 0 fully saturated rings. The molecule has 8 heteroatoms. The molecule has 0 amide bonds. The minimum Gasteiger partial charge on any atom is -0.384 e. The number of nitrogens with one attached hydrogen (secondary N) is 1. The summed E-state index contributed by atoms with van der Waals surface area (Å²) in [7, 11) is -2.01. The Hall–Kier alpha value is -0.960. The van der Waals surface area contributed by atoms with Crippen LogP contribution in [0, 0.1) is 0 Å². The van der Waals surface area contributed by atoms with Crippen molar-refractivity contribution in [3.8, 4) is 0 Å². The fourth-order valence-electron chi connectivity index (χ4n) is 1.83. The monoisotopic (exact) mass is 389 g/mol. The zero-order valence-corrected chi connectivity index (χ0v) is 14.9. The van der Waals surface area contributed by atoms with Gasteiger partial charge in [0.25, 0.3) is 0 Å². The van der Waals surface area contributed by atoms with Crippen LogP contribution in [0.15, 0.2) is 39.3 Å². The molecule has 0 aliphatic heterocycles. The van der Waals surface area contributed by atoms with E-state index in [1.165, 1.54) is 21.8 Å². The quantitative estimate of drug-likeness (QED) is 0.823. The molecule has 114 valence electrons. The molecule has 0 aromatic carbocycles. The number of anilines is 1. The summed E-state index contributed by atoms with van der Waals surface area (Å²) in [5.74, 6) is 0. The van der Waals surface area contributed by atoms with Crippen molar-refractivity contribution in [2.75, 3.05) is 18.9 Å². The molecule has 0 atom stereocenters. The van der Waals surface area contributed by atoms with Gasteiger partial charge in [-0.05, 0) is 35.0 Å². The van der Waals surface area contributed by atoms with Crippen LogP contribution in [0.3, 0.4) is 0 Å². The highest BCUT2D eigenvalue weighted by Crippen LogP contribution is 2.26. The topological polar surface area (TPSA) is 62.3 Å². The van der Waals surface area contributed by atoms with Crippen molar-refractivity contribution in [2.24, 2.45) is 0 Å². The Morgan fingerprint density at radius 3 is 2.86 bits per heavy atom. The minimum atomic E-state index is -3.58. The van der Waals surface area contributed by atoms with Gasteiger partial charge in [-0.15, -0.1) is 11.3 Å². The number of pyridine rings is 1. The fourth-order valence-corrected chi connectivity index (χ4v) is 4.67. The zero-order valence-electron chi connectivity index (χ0n) is 11.7. The highest BCUT2D eigenvalue weighted by atomic mass is 79.9. The average molecular weight is 390 g/mol. The number of hydrogen-bond acceptors (Lipinski definition) is 5. The van der Waals surface area contributed by atoms with Crippen LogP contribution in [0.5, 0.6) is 0 Å². The number of sulfonamides is 1. The smallest absolute Gasteiger partial charge is 0.246 e. The van der Waals surface area contributed by atoms with Gasteiger partial charge in [0.1, 0.15) is 4.90 Å². The number of thiophene rings is 1. The molecular formula is C13H16BrN3O2S2. The van der Waals surface area contributed by atoms with Crippen LogP contribution < -0.4 is 5.32 Å². The third-order valence-corrected chi connectivity index (χ3v) is 6.35. The van der Waals surface area contributed by atoms with Crippen molar-refractivity contribution < 1.29 is 8.42 Å². The van der Waals surface area contributed by atoms with E-state index >= 15 is 0 Å². The normalized spacial score (nSPS) is 11.8. The molecule has 0 bridgehead atoms. The van der Waals surface area contributed by atoms with E-state index in [1.807, 2.05) is 18.4 Å². The second kappa shape index (κ2) is 6.87. The van der Waals surface area contributed by atoms with Gasteiger partial charge in [-0.25, -0.2) is 8.42 Å². The first kappa shape index (κ1) is 16.4. The Balaban J connectivity index is 2.28. The summed E-state index contributed by atoms with van der Waals surface area (Å²) in [4.78, 5) is 5.11. The lowest BCUT2D eigenvalue weighted by Gasteiger charge is -2.18. The maximum atomic E-state index is 12.7. The maximum Gasteiger partial charge on any atom is 0.246 e. The van der Waals surface area contributed by atoms with Crippen LogP contribution in [0.2, 0.25) is 0 Å². The van der Waals surface area contributed by atoms with Crippen LogP contribution in [-0.2, 0) is 16.6 Å². The van der Waals surface area contributed by atoms with Gasteiger partial charge < -0.3 is 5.32 Å². The van der Waals surface area contributed by atoms with Gasteiger partial charge >= 0.3 is 0 Å². The standard InChI is InChI=1S/C13H16BrN3O2S2/c1-3-16-12-4-5-15-7-13(12)21(18,19)17(2)8-11-6-10(14)9-20-11/h4-7,9H,3,8H2,1-2H3,(H,15,16). The highest BCUT2D eigenvalue weighted by molar-refractivity contribution is 9.10. The van der Waals surface area contributed by atoms with Crippen LogP contribution in [0.1, 0.15) is 11.8 Å². The van der Waals surface area contributed by atoms with Crippen molar-refractivity contribution in [3.05, 3.63) is 39.3 Å². The van der Waals surface area contributed by atoms with Crippen LogP contribution in [0.25, 0.3) is 0 Å². The summed E-state index contributed by atoms with van der Waals surface area (Å²) in [5.41, 5.74) is 0.576. The van der Waals surface area contributed by atoms with Gasteiger partial charge in [0.2, 0.25) is 10.0 Å². The molecule has 2 aromatic rings. The third kappa shape index (κ3) is 3.82. The Morgan fingerprint density at radius 2 is 2.24 bits per heavy atom. The van der Waals surface area contributed by atoms with Crippen LogP contribution in [0.4, 0.5) is 5.69 Å². The summed E-state index contributed by atoms with van der Waals surface area (Å²) in [6.07, 6.45) is 2.96. The summed E-state index contributed by atoms with van der Waals surface area (Å²) in [5, 5.41) is 4.99. The molecule has 2 rings (SSSR count). The van der Waals surface area contributed by atoms with Crippen molar-refractivity contribution in [1.29, 1.82) is 0 Å². The molecule has 0 spiro atoms. The van der Waals surface area contributed by atoms with Gasteiger partial charge in [-0.1, -0.05) is 0 Å². The van der Waals surface area contributed by atoms with E-state index in [9.17, 15) is 8.42 Å². The second-order valence-corrected chi connectivity index (χ2v) is 8.32. The summed E-state index contributed by atoms with van der Waals surface area (Å²) in [6.45, 7) is 2.90. The number of hydrogen-bond donors (Lipinski definition) is 1. The van der Waals surface area contributed by atoms with E-state index < -0.39 is 10.0 Å². The molecule has 2 aromatic heterocycles. The number of halogens is 1. The van der Waals surface area contributed by atoms with Crippen molar-refractivity contribution in [3.63, 3.8) is 0 Å². The minimum absolute atomic E-state index is 0.199. The lowest BCUT2D eigenvalue weighted by molar-refractivity contribution is 0.469. The van der Waals surface area contributed by atoms with Gasteiger partial charge in [0.05, 0.1) is 5.69 Å². The molecule has 5 nitrogen and oxygen atoms in total. The molecule has 1 N–H and O–H groups in total. The first-order valence-electron chi connectivity index (χ1n) is 6.32. The highest BCUT2D eigenvalue weighted by Gasteiger charge is 2.24. The molecule has 0 saturated heterocycles. The van der Waals surface area contributed by atoms with E-state index in [0.29, 0.717) is 18.8 Å². The first-order valence-corrected chi connectivity index (χ1v) is 9.43. The van der Waals surface area contributed by atoms with E-state index in [0.717, 1.165) is 9.35 Å². The maximum absolute atomic E-state index is 12.7. The molecule has 0 aliphatic rings. The van der Waals surface area contributed by atoms with E-state index in [4.69, 9.17) is 0 Å². The third-order valence-electron chi connectivity index (χ3n) is 2.84.